The number of methoxy groups -OCH3 is 1. The Labute approximate surface area is 197 Å². The highest BCUT2D eigenvalue weighted by Crippen LogP contribution is 2.35. The smallest absolute Gasteiger partial charge is 0.335 e. The predicted molar refractivity (Wildman–Crippen MR) is 123 cm³/mol. The fourth-order valence-corrected chi connectivity index (χ4v) is 3.60. The number of non-ortho nitro benzene ring substituents is 1. The van der Waals surface area contributed by atoms with Crippen LogP contribution < -0.4 is 15.0 Å². The summed E-state index contributed by atoms with van der Waals surface area (Å²) in [6, 6.07) is 10.9. The van der Waals surface area contributed by atoms with Crippen LogP contribution in [-0.4, -0.2) is 29.9 Å². The van der Waals surface area contributed by atoms with Gasteiger partial charge in [-0.1, -0.05) is 17.7 Å². The molecule has 0 saturated carbocycles. The van der Waals surface area contributed by atoms with Gasteiger partial charge in [-0.25, -0.2) is 9.69 Å². The highest BCUT2D eigenvalue weighted by molar-refractivity contribution is 6.39. The van der Waals surface area contributed by atoms with E-state index < -0.39 is 22.8 Å². The molecule has 0 spiro atoms. The quantitative estimate of drug-likeness (QED) is 0.245. The fraction of sp³-hybridized carbons (Fsp3) is 0.0870. The topological polar surface area (TPSA) is 132 Å². The lowest BCUT2D eigenvalue weighted by atomic mass is 10.1. The number of benzene rings is 2. The van der Waals surface area contributed by atoms with E-state index >= 15 is 0 Å². The number of rotatable bonds is 5. The molecule has 1 aliphatic rings. The number of carbonyl (C=O) groups is 3. The number of hydrogen-bond donors (Lipinski definition) is 1. The van der Waals surface area contributed by atoms with Crippen molar-refractivity contribution in [1.29, 1.82) is 0 Å². The maximum absolute atomic E-state index is 13.1. The standard InChI is InChI=1S/C23H16ClN3O7/c1-12-17(24)4-3-5-18(12)26-22(29)16(21(28)25-23(26)30)11-14-7-9-19(34-14)15-8-6-13(27(31)32)10-20(15)33-2/h3-11H,1-2H3,(H,25,28,30)/b16-11+. The average Bonchev–Trinajstić information content (AvgIpc) is 3.27. The first-order valence-electron chi connectivity index (χ1n) is 9.80. The van der Waals surface area contributed by atoms with E-state index in [9.17, 15) is 24.5 Å². The molecule has 0 unspecified atom stereocenters. The molecule has 0 bridgehead atoms. The molecule has 0 aliphatic carbocycles. The zero-order chi connectivity index (χ0) is 24.6. The largest absolute Gasteiger partial charge is 0.496 e. The molecule has 1 saturated heterocycles. The number of nitrogens with zero attached hydrogens (tertiary/aromatic N) is 2. The van der Waals surface area contributed by atoms with Crippen LogP contribution in [0.1, 0.15) is 11.3 Å². The lowest BCUT2D eigenvalue weighted by Gasteiger charge is -2.27. The number of hydrogen-bond acceptors (Lipinski definition) is 7. The third kappa shape index (κ3) is 4.02. The van der Waals surface area contributed by atoms with E-state index in [-0.39, 0.29) is 28.5 Å². The molecule has 1 N–H and O–H groups in total. The summed E-state index contributed by atoms with van der Waals surface area (Å²) < 4.78 is 11.0. The Balaban J connectivity index is 1.70. The van der Waals surface area contributed by atoms with E-state index in [0.29, 0.717) is 21.9 Å². The molecular formula is C23H16ClN3O7. The molecule has 11 heteroatoms. The normalized spacial score (nSPS) is 15.0. The zero-order valence-electron chi connectivity index (χ0n) is 17.8. The fourth-order valence-electron chi connectivity index (χ4n) is 3.43. The van der Waals surface area contributed by atoms with Crippen LogP contribution in [0.15, 0.2) is 58.5 Å². The molecule has 1 aromatic heterocycles. The molecule has 34 heavy (non-hydrogen) atoms. The van der Waals surface area contributed by atoms with Crippen molar-refractivity contribution in [3.8, 4) is 17.1 Å². The minimum atomic E-state index is -0.895. The van der Waals surface area contributed by atoms with Crippen LogP contribution in [0.5, 0.6) is 5.75 Å². The van der Waals surface area contributed by atoms with Gasteiger partial charge in [0.05, 0.1) is 29.4 Å². The summed E-state index contributed by atoms with van der Waals surface area (Å²) in [6.07, 6.45) is 1.21. The van der Waals surface area contributed by atoms with E-state index in [2.05, 4.69) is 5.32 Å². The molecule has 4 amide bonds. The van der Waals surface area contributed by atoms with Crippen molar-refractivity contribution in [3.63, 3.8) is 0 Å². The van der Waals surface area contributed by atoms with Crippen LogP contribution in [-0.2, 0) is 9.59 Å². The summed E-state index contributed by atoms with van der Waals surface area (Å²) in [7, 11) is 1.36. The number of nitrogens with one attached hydrogen (secondary N) is 1. The number of imide groups is 2. The molecule has 4 rings (SSSR count). The third-order valence-electron chi connectivity index (χ3n) is 5.16. The highest BCUT2D eigenvalue weighted by Gasteiger charge is 2.38. The molecule has 172 valence electrons. The van der Waals surface area contributed by atoms with E-state index in [1.807, 2.05) is 0 Å². The van der Waals surface area contributed by atoms with Crippen molar-refractivity contribution < 1.29 is 28.5 Å². The molecule has 2 aromatic carbocycles. The Morgan fingerprint density at radius 2 is 1.91 bits per heavy atom. The van der Waals surface area contributed by atoms with Gasteiger partial charge in [0.25, 0.3) is 17.5 Å². The number of amides is 4. The van der Waals surface area contributed by atoms with Crippen molar-refractivity contribution in [3.05, 3.63) is 80.6 Å². The van der Waals surface area contributed by atoms with Gasteiger partial charge in [-0.05, 0) is 48.9 Å². The molecule has 10 nitrogen and oxygen atoms in total. The molecule has 1 aliphatic heterocycles. The minimum absolute atomic E-state index is 0.144. The number of urea groups is 1. The first-order chi connectivity index (χ1) is 16.2. The number of nitro groups is 1. The second kappa shape index (κ2) is 8.83. The summed E-state index contributed by atoms with van der Waals surface area (Å²) in [5.74, 6) is -1.07. The monoisotopic (exact) mass is 481 g/mol. The Morgan fingerprint density at radius 1 is 1.15 bits per heavy atom. The van der Waals surface area contributed by atoms with Crippen molar-refractivity contribution in [2.45, 2.75) is 6.92 Å². The number of anilines is 1. The van der Waals surface area contributed by atoms with Gasteiger partial charge in [-0.3, -0.25) is 25.0 Å². The van der Waals surface area contributed by atoms with E-state index in [4.69, 9.17) is 20.8 Å². The number of ether oxygens (including phenoxy) is 1. The third-order valence-corrected chi connectivity index (χ3v) is 5.57. The summed E-state index contributed by atoms with van der Waals surface area (Å²) in [4.78, 5) is 49.2. The predicted octanol–water partition coefficient (Wildman–Crippen LogP) is 4.49. The highest BCUT2D eigenvalue weighted by atomic mass is 35.5. The first kappa shape index (κ1) is 22.7. The van der Waals surface area contributed by atoms with Gasteiger partial charge in [0.15, 0.2) is 0 Å². The maximum atomic E-state index is 13.1. The van der Waals surface area contributed by atoms with Gasteiger partial charge in [0.1, 0.15) is 22.8 Å². The van der Waals surface area contributed by atoms with Crippen LogP contribution in [0.2, 0.25) is 5.02 Å². The second-order valence-corrected chi connectivity index (χ2v) is 7.59. The number of halogens is 1. The van der Waals surface area contributed by atoms with Crippen molar-refractivity contribution in [2.75, 3.05) is 12.0 Å². The lowest BCUT2D eigenvalue weighted by molar-refractivity contribution is -0.384. The van der Waals surface area contributed by atoms with Gasteiger partial charge in [-0.15, -0.1) is 0 Å². The molecular weight excluding hydrogens is 466 g/mol. The summed E-state index contributed by atoms with van der Waals surface area (Å²) >= 11 is 6.12. The lowest BCUT2D eigenvalue weighted by Crippen LogP contribution is -2.54. The van der Waals surface area contributed by atoms with Crippen LogP contribution in [0.25, 0.3) is 17.4 Å². The van der Waals surface area contributed by atoms with Gasteiger partial charge < -0.3 is 9.15 Å². The Kier molecular flexibility index (Phi) is 5.91. The van der Waals surface area contributed by atoms with E-state index in [1.165, 1.54) is 43.5 Å². The first-order valence-corrected chi connectivity index (χ1v) is 10.2. The SMILES string of the molecule is COc1cc([N+](=O)[O-])ccc1-c1ccc(/C=C2\C(=O)NC(=O)N(c3cccc(Cl)c3C)C2=O)o1. The summed E-state index contributed by atoms with van der Waals surface area (Å²) in [6.45, 7) is 1.65. The van der Waals surface area contributed by atoms with Crippen molar-refractivity contribution in [1.82, 2.24) is 5.32 Å². The summed E-state index contributed by atoms with van der Waals surface area (Å²) in [5, 5.41) is 13.5. The minimum Gasteiger partial charge on any atom is -0.496 e. The molecule has 3 aromatic rings. The van der Waals surface area contributed by atoms with Gasteiger partial charge in [0, 0.05) is 11.1 Å². The van der Waals surface area contributed by atoms with Crippen molar-refractivity contribution in [2.24, 2.45) is 0 Å². The van der Waals surface area contributed by atoms with E-state index in [1.54, 1.807) is 25.1 Å². The average molecular weight is 482 g/mol. The van der Waals surface area contributed by atoms with Crippen molar-refractivity contribution >= 4 is 46.9 Å². The van der Waals surface area contributed by atoms with Gasteiger partial charge >= 0.3 is 6.03 Å². The van der Waals surface area contributed by atoms with Crippen LogP contribution in [0.3, 0.4) is 0 Å². The second-order valence-electron chi connectivity index (χ2n) is 7.19. The van der Waals surface area contributed by atoms with Gasteiger partial charge in [-0.2, -0.15) is 0 Å². The zero-order valence-corrected chi connectivity index (χ0v) is 18.6. The number of nitro benzene ring substituents is 1. The van der Waals surface area contributed by atoms with Crippen LogP contribution >= 0.6 is 11.6 Å². The summed E-state index contributed by atoms with van der Waals surface area (Å²) in [5.41, 5.74) is 0.690. The van der Waals surface area contributed by atoms with Crippen LogP contribution in [0, 0.1) is 17.0 Å². The number of furan rings is 1. The van der Waals surface area contributed by atoms with Gasteiger partial charge in [0.2, 0.25) is 0 Å². The Morgan fingerprint density at radius 3 is 2.62 bits per heavy atom. The van der Waals surface area contributed by atoms with Crippen LogP contribution in [0.4, 0.5) is 16.2 Å². The molecule has 0 radical (unpaired) electrons. The van der Waals surface area contributed by atoms with E-state index in [0.717, 1.165) is 4.90 Å². The number of barbiturate groups is 1. The maximum Gasteiger partial charge on any atom is 0.335 e. The molecule has 2 heterocycles. The molecule has 0 atom stereocenters. The Hall–Kier alpha value is -4.44. The Bertz CT molecular complexity index is 1390. The molecule has 1 fully saturated rings. The number of carbonyl (C=O) groups excluding carboxylic acids is 3.